The summed E-state index contributed by atoms with van der Waals surface area (Å²) in [5.74, 6) is 0.202. The standard InChI is InChI=1S/C17H14ClN5O/c18-13-5-1-2-6-14(13)23-16-8-15(21-11-22-16)17(24)20-10-12-4-3-7-19-9-12/h1-9,11H,10H2,(H,20,24)(H,21,22,23). The van der Waals surface area contributed by atoms with Crippen LogP contribution < -0.4 is 10.6 Å². The van der Waals surface area contributed by atoms with Crippen molar-refractivity contribution in [1.29, 1.82) is 0 Å². The molecule has 0 spiro atoms. The van der Waals surface area contributed by atoms with Crippen molar-refractivity contribution in [2.75, 3.05) is 5.32 Å². The molecule has 2 aromatic heterocycles. The van der Waals surface area contributed by atoms with Crippen LogP contribution in [0.2, 0.25) is 5.02 Å². The molecule has 3 rings (SSSR count). The second-order valence-corrected chi connectivity index (χ2v) is 5.34. The Labute approximate surface area is 143 Å². The highest BCUT2D eigenvalue weighted by Crippen LogP contribution is 2.23. The topological polar surface area (TPSA) is 79.8 Å². The SMILES string of the molecule is O=C(NCc1cccnc1)c1cc(Nc2ccccc2Cl)ncn1. The second-order valence-electron chi connectivity index (χ2n) is 4.94. The van der Waals surface area contributed by atoms with E-state index < -0.39 is 0 Å². The number of rotatable bonds is 5. The number of benzene rings is 1. The summed E-state index contributed by atoms with van der Waals surface area (Å²) in [4.78, 5) is 24.3. The monoisotopic (exact) mass is 339 g/mol. The highest BCUT2D eigenvalue weighted by Gasteiger charge is 2.09. The molecule has 0 unspecified atom stereocenters. The molecule has 7 heteroatoms. The third-order valence-electron chi connectivity index (χ3n) is 3.21. The third-order valence-corrected chi connectivity index (χ3v) is 3.54. The number of pyridine rings is 1. The molecule has 2 N–H and O–H groups in total. The van der Waals surface area contributed by atoms with Gasteiger partial charge in [-0.1, -0.05) is 29.8 Å². The molecule has 1 amide bonds. The molecular formula is C17H14ClN5O. The summed E-state index contributed by atoms with van der Waals surface area (Å²) in [6.07, 6.45) is 4.71. The van der Waals surface area contributed by atoms with Crippen molar-refractivity contribution in [3.05, 3.63) is 77.5 Å². The average Bonchev–Trinajstić information content (AvgIpc) is 2.63. The van der Waals surface area contributed by atoms with Crippen molar-refractivity contribution in [3.8, 4) is 0 Å². The molecule has 0 aliphatic carbocycles. The maximum Gasteiger partial charge on any atom is 0.270 e. The molecule has 120 valence electrons. The zero-order valence-electron chi connectivity index (χ0n) is 12.6. The third kappa shape index (κ3) is 4.05. The lowest BCUT2D eigenvalue weighted by atomic mass is 10.2. The molecule has 0 atom stereocenters. The Bertz CT molecular complexity index is 841. The molecule has 0 saturated heterocycles. The van der Waals surface area contributed by atoms with Crippen LogP contribution in [0.25, 0.3) is 0 Å². The van der Waals surface area contributed by atoms with Crippen LogP contribution >= 0.6 is 11.6 Å². The van der Waals surface area contributed by atoms with Crippen LogP contribution in [0.4, 0.5) is 11.5 Å². The van der Waals surface area contributed by atoms with E-state index in [0.717, 1.165) is 5.56 Å². The molecule has 0 radical (unpaired) electrons. The fraction of sp³-hybridized carbons (Fsp3) is 0.0588. The van der Waals surface area contributed by atoms with E-state index in [2.05, 4.69) is 25.6 Å². The minimum absolute atomic E-state index is 0.267. The number of carbonyl (C=O) groups excluding carboxylic acids is 1. The number of amides is 1. The number of aromatic nitrogens is 3. The summed E-state index contributed by atoms with van der Waals surface area (Å²) >= 11 is 6.10. The van der Waals surface area contributed by atoms with E-state index in [1.807, 2.05) is 30.3 Å². The van der Waals surface area contributed by atoms with Gasteiger partial charge in [0, 0.05) is 25.0 Å². The second kappa shape index (κ2) is 7.52. The summed E-state index contributed by atoms with van der Waals surface area (Å²) in [7, 11) is 0. The van der Waals surface area contributed by atoms with Crippen molar-refractivity contribution >= 4 is 29.0 Å². The first kappa shape index (κ1) is 15.9. The highest BCUT2D eigenvalue weighted by atomic mass is 35.5. The van der Waals surface area contributed by atoms with E-state index in [1.165, 1.54) is 6.33 Å². The highest BCUT2D eigenvalue weighted by molar-refractivity contribution is 6.33. The van der Waals surface area contributed by atoms with Crippen LogP contribution in [0, 0.1) is 0 Å². The number of anilines is 2. The van der Waals surface area contributed by atoms with Gasteiger partial charge in [0.15, 0.2) is 0 Å². The fourth-order valence-electron chi connectivity index (χ4n) is 2.03. The van der Waals surface area contributed by atoms with Crippen molar-refractivity contribution in [2.24, 2.45) is 0 Å². The lowest BCUT2D eigenvalue weighted by Gasteiger charge is -2.08. The molecule has 2 heterocycles. The summed E-state index contributed by atoms with van der Waals surface area (Å²) in [5.41, 5.74) is 1.89. The van der Waals surface area contributed by atoms with Crippen molar-refractivity contribution in [3.63, 3.8) is 0 Å². The molecule has 0 aliphatic heterocycles. The number of para-hydroxylation sites is 1. The Balaban J connectivity index is 1.68. The Morgan fingerprint density at radius 1 is 1.12 bits per heavy atom. The van der Waals surface area contributed by atoms with Crippen LogP contribution in [0.5, 0.6) is 0 Å². The lowest BCUT2D eigenvalue weighted by molar-refractivity contribution is 0.0946. The van der Waals surface area contributed by atoms with Gasteiger partial charge in [0.1, 0.15) is 17.8 Å². The van der Waals surface area contributed by atoms with E-state index in [0.29, 0.717) is 23.1 Å². The van der Waals surface area contributed by atoms with Gasteiger partial charge in [-0.3, -0.25) is 9.78 Å². The van der Waals surface area contributed by atoms with E-state index in [-0.39, 0.29) is 11.6 Å². The van der Waals surface area contributed by atoms with E-state index in [9.17, 15) is 4.79 Å². The predicted molar refractivity (Wildman–Crippen MR) is 92.2 cm³/mol. The number of nitrogens with one attached hydrogen (secondary N) is 2. The molecule has 0 bridgehead atoms. The maximum atomic E-state index is 12.2. The zero-order chi connectivity index (χ0) is 16.8. The van der Waals surface area contributed by atoms with Gasteiger partial charge >= 0.3 is 0 Å². The number of hydrogen-bond acceptors (Lipinski definition) is 5. The van der Waals surface area contributed by atoms with E-state index in [4.69, 9.17) is 11.6 Å². The average molecular weight is 340 g/mol. The van der Waals surface area contributed by atoms with Gasteiger partial charge in [0.05, 0.1) is 10.7 Å². The first-order chi connectivity index (χ1) is 11.7. The minimum atomic E-state index is -0.288. The fourth-order valence-corrected chi connectivity index (χ4v) is 2.21. The maximum absolute atomic E-state index is 12.2. The summed E-state index contributed by atoms with van der Waals surface area (Å²) in [6.45, 7) is 0.379. The largest absolute Gasteiger partial charge is 0.347 e. The van der Waals surface area contributed by atoms with Gasteiger partial charge in [-0.15, -0.1) is 0 Å². The number of carbonyl (C=O) groups is 1. The van der Waals surface area contributed by atoms with E-state index in [1.54, 1.807) is 24.5 Å². The van der Waals surface area contributed by atoms with Gasteiger partial charge in [0.25, 0.3) is 5.91 Å². The molecule has 0 aliphatic rings. The minimum Gasteiger partial charge on any atom is -0.347 e. The zero-order valence-corrected chi connectivity index (χ0v) is 13.4. The smallest absolute Gasteiger partial charge is 0.270 e. The summed E-state index contributed by atoms with van der Waals surface area (Å²) in [5, 5.41) is 6.43. The number of hydrogen-bond donors (Lipinski definition) is 2. The summed E-state index contributed by atoms with van der Waals surface area (Å²) < 4.78 is 0. The molecule has 24 heavy (non-hydrogen) atoms. The first-order valence-corrected chi connectivity index (χ1v) is 7.61. The Hall–Kier alpha value is -2.99. The van der Waals surface area contributed by atoms with Crippen LogP contribution in [0.3, 0.4) is 0 Å². The molecule has 6 nitrogen and oxygen atoms in total. The normalized spacial score (nSPS) is 10.2. The van der Waals surface area contributed by atoms with Crippen molar-refractivity contribution in [2.45, 2.75) is 6.54 Å². The van der Waals surface area contributed by atoms with Crippen molar-refractivity contribution < 1.29 is 4.79 Å². The Morgan fingerprint density at radius 2 is 2.00 bits per heavy atom. The van der Waals surface area contributed by atoms with Crippen LogP contribution in [-0.2, 0) is 6.54 Å². The van der Waals surface area contributed by atoms with Gasteiger partial charge in [-0.05, 0) is 23.8 Å². The molecule has 0 fully saturated rings. The molecule has 1 aromatic carbocycles. The Morgan fingerprint density at radius 3 is 2.79 bits per heavy atom. The number of halogens is 1. The first-order valence-electron chi connectivity index (χ1n) is 7.23. The molecular weight excluding hydrogens is 326 g/mol. The number of nitrogens with zero attached hydrogens (tertiary/aromatic N) is 3. The van der Waals surface area contributed by atoms with Gasteiger partial charge in [0.2, 0.25) is 0 Å². The Kier molecular flexibility index (Phi) is 4.98. The van der Waals surface area contributed by atoms with Gasteiger partial charge in [-0.2, -0.15) is 0 Å². The van der Waals surface area contributed by atoms with Gasteiger partial charge < -0.3 is 10.6 Å². The van der Waals surface area contributed by atoms with Crippen LogP contribution in [0.15, 0.2) is 61.2 Å². The quantitative estimate of drug-likeness (QED) is 0.746. The van der Waals surface area contributed by atoms with Crippen molar-refractivity contribution in [1.82, 2.24) is 20.3 Å². The summed E-state index contributed by atoms with van der Waals surface area (Å²) in [6, 6.07) is 12.6. The predicted octanol–water partition coefficient (Wildman–Crippen LogP) is 3.20. The molecule has 3 aromatic rings. The van der Waals surface area contributed by atoms with Crippen LogP contribution in [0.1, 0.15) is 16.1 Å². The van der Waals surface area contributed by atoms with Crippen LogP contribution in [-0.4, -0.2) is 20.9 Å². The molecule has 0 saturated carbocycles. The van der Waals surface area contributed by atoms with Gasteiger partial charge in [-0.25, -0.2) is 9.97 Å². The lowest BCUT2D eigenvalue weighted by Crippen LogP contribution is -2.24. The van der Waals surface area contributed by atoms with E-state index >= 15 is 0 Å².